The normalized spacial score (nSPS) is 13.5. The van der Waals surface area contributed by atoms with E-state index >= 15 is 0 Å². The maximum atomic E-state index is 9.91. The zero-order valence-electron chi connectivity index (χ0n) is 14.2. The topological polar surface area (TPSA) is 43.7 Å². The van der Waals surface area contributed by atoms with Crippen LogP contribution in [0.1, 0.15) is 31.2 Å². The lowest BCUT2D eigenvalue weighted by Crippen LogP contribution is -2.39. The summed E-state index contributed by atoms with van der Waals surface area (Å²) in [7, 11) is 8.50. The molecule has 0 aliphatic rings. The second-order valence-corrected chi connectivity index (χ2v) is 7.91. The number of phenolic OH excluding ortho intramolecular Hbond substituents is 2. The van der Waals surface area contributed by atoms with Gasteiger partial charge in [0.05, 0.1) is 31.2 Å². The molecule has 0 saturated heterocycles. The fraction of sp³-hybridized carbons (Fsp3) is 0.647. The Balaban J connectivity index is 2.36. The third kappa shape index (κ3) is 6.55. The molecule has 1 aromatic carbocycles. The van der Waals surface area contributed by atoms with Gasteiger partial charge in [-0.05, 0) is 45.5 Å². The van der Waals surface area contributed by atoms with Gasteiger partial charge in [0, 0.05) is 0 Å². The summed E-state index contributed by atoms with van der Waals surface area (Å²) in [5, 5.41) is 19.5. The van der Waals surface area contributed by atoms with Gasteiger partial charge in [-0.3, -0.25) is 4.90 Å². The molecule has 0 spiro atoms. The fourth-order valence-electron chi connectivity index (χ4n) is 2.53. The Labute approximate surface area is 143 Å². The summed E-state index contributed by atoms with van der Waals surface area (Å²) >= 11 is 3.66. The first-order valence-corrected chi connectivity index (χ1v) is 8.77. The van der Waals surface area contributed by atoms with Crippen molar-refractivity contribution >= 4 is 15.9 Å². The summed E-state index contributed by atoms with van der Waals surface area (Å²) in [6.45, 7) is 1.78. The van der Waals surface area contributed by atoms with Crippen molar-refractivity contribution in [3.05, 3.63) is 23.8 Å². The number of rotatable bonds is 9. The van der Waals surface area contributed by atoms with E-state index in [2.05, 4.69) is 49.0 Å². The van der Waals surface area contributed by atoms with Gasteiger partial charge in [0.25, 0.3) is 0 Å². The van der Waals surface area contributed by atoms with Crippen molar-refractivity contribution in [2.75, 3.05) is 34.7 Å². The molecule has 0 fully saturated rings. The molecule has 0 bridgehead atoms. The minimum Gasteiger partial charge on any atom is -0.504 e. The number of para-hydroxylation sites is 1. The molecule has 0 saturated carbocycles. The van der Waals surface area contributed by atoms with Gasteiger partial charge in [-0.1, -0.05) is 28.4 Å². The molecule has 4 nitrogen and oxygen atoms in total. The molecule has 1 atom stereocenters. The van der Waals surface area contributed by atoms with Crippen molar-refractivity contribution in [3.8, 4) is 11.5 Å². The summed E-state index contributed by atoms with van der Waals surface area (Å²) in [6, 6.07) is 5.17. The number of alkyl halides is 1. The van der Waals surface area contributed by atoms with Crippen LogP contribution in [0, 0.1) is 0 Å². The minimum atomic E-state index is -0.0375. The van der Waals surface area contributed by atoms with Crippen LogP contribution in [0.2, 0.25) is 0 Å². The second-order valence-electron chi connectivity index (χ2n) is 6.85. The van der Waals surface area contributed by atoms with E-state index in [1.165, 1.54) is 25.3 Å². The van der Waals surface area contributed by atoms with E-state index in [4.69, 9.17) is 0 Å². The number of hydrogen-bond acceptors (Lipinski definition) is 3. The van der Waals surface area contributed by atoms with E-state index in [1.807, 2.05) is 6.07 Å². The van der Waals surface area contributed by atoms with E-state index < -0.39 is 0 Å². The van der Waals surface area contributed by atoms with Gasteiger partial charge in [0.15, 0.2) is 11.5 Å². The molecule has 0 aliphatic heterocycles. The van der Waals surface area contributed by atoms with Crippen molar-refractivity contribution < 1.29 is 14.7 Å². The molecule has 0 aliphatic carbocycles. The molecule has 126 valence electrons. The van der Waals surface area contributed by atoms with Crippen LogP contribution in [-0.4, -0.2) is 59.3 Å². The van der Waals surface area contributed by atoms with Crippen LogP contribution in [0.4, 0.5) is 0 Å². The number of unbranched alkanes of at least 4 members (excludes halogenated alkanes) is 2. The van der Waals surface area contributed by atoms with E-state index in [1.54, 1.807) is 6.07 Å². The number of aromatic hydroxyl groups is 2. The summed E-state index contributed by atoms with van der Waals surface area (Å²) in [5.41, 5.74) is 0.804. The molecule has 1 rings (SSSR count). The quantitative estimate of drug-likeness (QED) is 0.229. The van der Waals surface area contributed by atoms with Gasteiger partial charge in [0.2, 0.25) is 0 Å². The van der Waals surface area contributed by atoms with Crippen molar-refractivity contribution in [2.45, 2.75) is 37.2 Å². The minimum absolute atomic E-state index is 0.0156. The standard InChI is InChI=1S/C17H29BrN2O2/c1-19(2)16(18)11-6-5-7-12-20(3,4)13-14-9-8-10-15(21)17(14)22/h8-10,16H,5-7,11-13H2,1-4H3,(H-,21,22)/p+1. The molecule has 5 heteroatoms. The monoisotopic (exact) mass is 373 g/mol. The first-order chi connectivity index (χ1) is 10.2. The van der Waals surface area contributed by atoms with Gasteiger partial charge in [-0.25, -0.2) is 0 Å². The van der Waals surface area contributed by atoms with Crippen LogP contribution in [0.15, 0.2) is 18.2 Å². The predicted molar refractivity (Wildman–Crippen MR) is 95.3 cm³/mol. The smallest absolute Gasteiger partial charge is 0.166 e. The average molecular weight is 374 g/mol. The Morgan fingerprint density at radius 2 is 1.82 bits per heavy atom. The van der Waals surface area contributed by atoms with Crippen LogP contribution in [-0.2, 0) is 6.54 Å². The number of phenols is 2. The third-order valence-corrected chi connectivity index (χ3v) is 5.24. The number of halogens is 1. The lowest BCUT2D eigenvalue weighted by molar-refractivity contribution is -0.903. The highest BCUT2D eigenvalue weighted by Gasteiger charge is 2.19. The Morgan fingerprint density at radius 1 is 1.14 bits per heavy atom. The average Bonchev–Trinajstić information content (AvgIpc) is 2.43. The van der Waals surface area contributed by atoms with E-state index in [9.17, 15) is 10.2 Å². The highest BCUT2D eigenvalue weighted by atomic mass is 79.9. The number of hydrogen-bond donors (Lipinski definition) is 2. The number of quaternary nitrogens is 1. The van der Waals surface area contributed by atoms with Crippen molar-refractivity contribution in [2.24, 2.45) is 0 Å². The van der Waals surface area contributed by atoms with Crippen LogP contribution in [0.5, 0.6) is 11.5 Å². The molecular weight excluding hydrogens is 344 g/mol. The van der Waals surface area contributed by atoms with Gasteiger partial charge in [0.1, 0.15) is 6.54 Å². The summed E-state index contributed by atoms with van der Waals surface area (Å²) in [5.74, 6) is -0.0219. The maximum Gasteiger partial charge on any atom is 0.166 e. The molecule has 1 aromatic rings. The van der Waals surface area contributed by atoms with Crippen LogP contribution in [0.25, 0.3) is 0 Å². The van der Waals surface area contributed by atoms with E-state index in [0.29, 0.717) is 4.95 Å². The number of benzene rings is 1. The van der Waals surface area contributed by atoms with Crippen LogP contribution < -0.4 is 0 Å². The fourth-order valence-corrected chi connectivity index (χ4v) is 2.86. The predicted octanol–water partition coefficient (Wildman–Crippen LogP) is 3.52. The van der Waals surface area contributed by atoms with E-state index in [-0.39, 0.29) is 11.5 Å². The van der Waals surface area contributed by atoms with Gasteiger partial charge in [-0.15, -0.1) is 0 Å². The largest absolute Gasteiger partial charge is 0.504 e. The van der Waals surface area contributed by atoms with E-state index in [0.717, 1.165) is 29.6 Å². The molecule has 2 N–H and O–H groups in total. The van der Waals surface area contributed by atoms with Gasteiger partial charge >= 0.3 is 0 Å². The highest BCUT2D eigenvalue weighted by molar-refractivity contribution is 9.09. The third-order valence-electron chi connectivity index (χ3n) is 3.96. The Morgan fingerprint density at radius 3 is 2.45 bits per heavy atom. The van der Waals surface area contributed by atoms with Crippen LogP contribution >= 0.6 is 15.9 Å². The van der Waals surface area contributed by atoms with Crippen LogP contribution in [0.3, 0.4) is 0 Å². The Bertz CT molecular complexity index is 464. The summed E-state index contributed by atoms with van der Waals surface area (Å²) < 4.78 is 0.808. The lowest BCUT2D eigenvalue weighted by atomic mass is 10.1. The van der Waals surface area contributed by atoms with Crippen molar-refractivity contribution in [1.82, 2.24) is 4.90 Å². The highest BCUT2D eigenvalue weighted by Crippen LogP contribution is 2.30. The zero-order chi connectivity index (χ0) is 16.8. The molecule has 0 aromatic heterocycles. The molecule has 0 radical (unpaired) electrons. The molecule has 0 amide bonds. The molecular formula is C17H30BrN2O2+. The summed E-state index contributed by atoms with van der Waals surface area (Å²) in [6.07, 6.45) is 4.75. The SMILES string of the molecule is CN(C)C(Br)CCCCC[N+](C)(C)Cc1cccc(O)c1O. The second kappa shape index (κ2) is 8.75. The Hall–Kier alpha value is -0.780. The lowest BCUT2D eigenvalue weighted by Gasteiger charge is -2.30. The molecule has 0 heterocycles. The summed E-state index contributed by atoms with van der Waals surface area (Å²) in [4.78, 5) is 2.64. The first-order valence-electron chi connectivity index (χ1n) is 7.85. The number of nitrogens with zero attached hydrogens (tertiary/aromatic N) is 2. The van der Waals surface area contributed by atoms with Crippen molar-refractivity contribution in [3.63, 3.8) is 0 Å². The zero-order valence-corrected chi connectivity index (χ0v) is 15.8. The molecule has 1 unspecified atom stereocenters. The van der Waals surface area contributed by atoms with Gasteiger partial charge in [-0.2, -0.15) is 0 Å². The van der Waals surface area contributed by atoms with Gasteiger partial charge < -0.3 is 14.7 Å². The first kappa shape index (κ1) is 19.3. The van der Waals surface area contributed by atoms with Crippen molar-refractivity contribution in [1.29, 1.82) is 0 Å². The molecule has 22 heavy (non-hydrogen) atoms. The maximum absolute atomic E-state index is 9.91. The Kier molecular flexibility index (Phi) is 7.66.